The number of benzene rings is 1. The Labute approximate surface area is 168 Å². The second-order valence-electron chi connectivity index (χ2n) is 6.55. The van der Waals surface area contributed by atoms with Gasteiger partial charge in [0.25, 0.3) is 5.56 Å². The number of carbonyl (C=O) groups excluding carboxylic acids is 1. The number of hydrogen-bond donors (Lipinski definition) is 1. The van der Waals surface area contributed by atoms with E-state index >= 15 is 0 Å². The average Bonchev–Trinajstić information content (AvgIpc) is 3.10. The lowest BCUT2D eigenvalue weighted by Crippen LogP contribution is -2.31. The van der Waals surface area contributed by atoms with E-state index in [0.717, 1.165) is 17.7 Å². The van der Waals surface area contributed by atoms with Gasteiger partial charge in [-0.2, -0.15) is 0 Å². The molecule has 0 fully saturated rings. The van der Waals surface area contributed by atoms with Crippen LogP contribution in [0.4, 0.5) is 0 Å². The third kappa shape index (κ3) is 4.49. The molecule has 0 aliphatic carbocycles. The second-order valence-corrected chi connectivity index (χ2v) is 7.54. The zero-order valence-corrected chi connectivity index (χ0v) is 17.2. The van der Waals surface area contributed by atoms with Crippen LogP contribution in [0, 0.1) is 0 Å². The van der Waals surface area contributed by atoms with Gasteiger partial charge < -0.3 is 14.8 Å². The molecule has 7 nitrogen and oxygen atoms in total. The Hall–Kier alpha value is -2.48. The first-order valence-corrected chi connectivity index (χ1v) is 10.3. The highest BCUT2D eigenvalue weighted by atomic mass is 32.2. The molecule has 0 radical (unpaired) electrons. The largest absolute Gasteiger partial charge is 0.493 e. The standard InChI is InChI=1S/C20H25N3O4S/c1-4-14-10-19(25)23-15(12-28-20(23)22-14)11-18(24)21-8-7-13-5-6-16(26-2)17(9-13)27-3/h5-6,9-10,15H,4,7-8,11-12H2,1-3H3,(H,21,24). The molecule has 0 saturated heterocycles. The van der Waals surface area contributed by atoms with Gasteiger partial charge in [-0.05, 0) is 30.5 Å². The molecule has 28 heavy (non-hydrogen) atoms. The van der Waals surface area contributed by atoms with Gasteiger partial charge >= 0.3 is 0 Å². The van der Waals surface area contributed by atoms with Crippen molar-refractivity contribution in [2.75, 3.05) is 26.5 Å². The summed E-state index contributed by atoms with van der Waals surface area (Å²) >= 11 is 1.54. The number of fused-ring (bicyclic) bond motifs is 1. The Morgan fingerprint density at radius 2 is 2.07 bits per heavy atom. The van der Waals surface area contributed by atoms with Gasteiger partial charge in [0, 0.05) is 30.5 Å². The fourth-order valence-electron chi connectivity index (χ4n) is 3.20. The first kappa shape index (κ1) is 20.3. The summed E-state index contributed by atoms with van der Waals surface area (Å²) in [7, 11) is 3.20. The third-order valence-corrected chi connectivity index (χ3v) is 5.81. The summed E-state index contributed by atoms with van der Waals surface area (Å²) in [6.45, 7) is 2.49. The lowest BCUT2D eigenvalue weighted by molar-refractivity contribution is -0.121. The van der Waals surface area contributed by atoms with Crippen molar-refractivity contribution in [3.63, 3.8) is 0 Å². The second kappa shape index (κ2) is 9.14. The number of aryl methyl sites for hydroxylation is 1. The first-order valence-electron chi connectivity index (χ1n) is 9.28. The van der Waals surface area contributed by atoms with Crippen molar-refractivity contribution in [2.45, 2.75) is 37.4 Å². The summed E-state index contributed by atoms with van der Waals surface area (Å²) in [5.41, 5.74) is 1.77. The predicted octanol–water partition coefficient (Wildman–Crippen LogP) is 2.22. The number of methoxy groups -OCH3 is 2. The number of hydrogen-bond acceptors (Lipinski definition) is 6. The highest BCUT2D eigenvalue weighted by Crippen LogP contribution is 2.32. The molecule has 8 heteroatoms. The Balaban J connectivity index is 1.55. The lowest BCUT2D eigenvalue weighted by atomic mass is 10.1. The molecule has 0 bridgehead atoms. The minimum Gasteiger partial charge on any atom is -0.493 e. The molecule has 1 aliphatic rings. The zero-order chi connectivity index (χ0) is 20.1. The Bertz CT molecular complexity index is 913. The first-order chi connectivity index (χ1) is 13.5. The molecule has 2 heterocycles. The van der Waals surface area contributed by atoms with Crippen molar-refractivity contribution in [3.05, 3.63) is 45.9 Å². The average molecular weight is 404 g/mol. The van der Waals surface area contributed by atoms with Crippen LogP contribution in [0.15, 0.2) is 34.2 Å². The van der Waals surface area contributed by atoms with Crippen molar-refractivity contribution < 1.29 is 14.3 Å². The van der Waals surface area contributed by atoms with Crippen LogP contribution in [0.5, 0.6) is 11.5 Å². The van der Waals surface area contributed by atoms with Crippen LogP contribution in [0.2, 0.25) is 0 Å². The molecular formula is C20H25N3O4S. The number of rotatable bonds is 8. The van der Waals surface area contributed by atoms with Crippen LogP contribution >= 0.6 is 11.8 Å². The van der Waals surface area contributed by atoms with E-state index < -0.39 is 0 Å². The van der Waals surface area contributed by atoms with E-state index in [-0.39, 0.29) is 23.9 Å². The number of nitrogens with zero attached hydrogens (tertiary/aromatic N) is 2. The summed E-state index contributed by atoms with van der Waals surface area (Å²) in [5.74, 6) is 1.98. The summed E-state index contributed by atoms with van der Waals surface area (Å²) in [6, 6.07) is 7.13. The quantitative estimate of drug-likeness (QED) is 0.681. The molecule has 0 saturated carbocycles. The smallest absolute Gasteiger partial charge is 0.254 e. The van der Waals surface area contributed by atoms with E-state index in [1.54, 1.807) is 24.9 Å². The molecule has 1 amide bonds. The predicted molar refractivity (Wildman–Crippen MR) is 109 cm³/mol. The fourth-order valence-corrected chi connectivity index (χ4v) is 4.37. The van der Waals surface area contributed by atoms with E-state index in [2.05, 4.69) is 10.3 Å². The highest BCUT2D eigenvalue weighted by molar-refractivity contribution is 7.99. The van der Waals surface area contributed by atoms with Gasteiger partial charge in [-0.3, -0.25) is 14.2 Å². The van der Waals surface area contributed by atoms with Gasteiger partial charge in [-0.15, -0.1) is 0 Å². The molecule has 0 spiro atoms. The Morgan fingerprint density at radius 1 is 1.29 bits per heavy atom. The van der Waals surface area contributed by atoms with Crippen LogP contribution in [-0.2, 0) is 17.6 Å². The molecule has 150 valence electrons. The van der Waals surface area contributed by atoms with Gasteiger partial charge in [0.1, 0.15) is 0 Å². The molecule has 1 unspecified atom stereocenters. The van der Waals surface area contributed by atoms with E-state index in [4.69, 9.17) is 9.47 Å². The van der Waals surface area contributed by atoms with Gasteiger partial charge in [0.2, 0.25) is 5.91 Å². The summed E-state index contributed by atoms with van der Waals surface area (Å²) < 4.78 is 12.2. The summed E-state index contributed by atoms with van der Waals surface area (Å²) in [6.07, 6.45) is 1.69. The summed E-state index contributed by atoms with van der Waals surface area (Å²) in [4.78, 5) is 29.2. The van der Waals surface area contributed by atoms with E-state index in [1.807, 2.05) is 25.1 Å². The van der Waals surface area contributed by atoms with Crippen LogP contribution in [0.3, 0.4) is 0 Å². The number of ether oxygens (including phenoxy) is 2. The topological polar surface area (TPSA) is 82.5 Å². The molecule has 1 N–H and O–H groups in total. The van der Waals surface area contributed by atoms with Crippen molar-refractivity contribution in [2.24, 2.45) is 0 Å². The third-order valence-electron chi connectivity index (χ3n) is 4.71. The van der Waals surface area contributed by atoms with E-state index in [0.29, 0.717) is 35.4 Å². The van der Waals surface area contributed by atoms with Crippen molar-refractivity contribution in [3.8, 4) is 11.5 Å². The molecule has 1 aromatic carbocycles. The Morgan fingerprint density at radius 3 is 2.79 bits per heavy atom. The molecule has 1 aliphatic heterocycles. The Kier molecular flexibility index (Phi) is 6.61. The van der Waals surface area contributed by atoms with Crippen molar-refractivity contribution >= 4 is 17.7 Å². The minimum atomic E-state index is -0.146. The van der Waals surface area contributed by atoms with Crippen molar-refractivity contribution in [1.82, 2.24) is 14.9 Å². The number of aromatic nitrogens is 2. The van der Waals surface area contributed by atoms with E-state index in [9.17, 15) is 9.59 Å². The van der Waals surface area contributed by atoms with Gasteiger partial charge in [0.05, 0.1) is 20.3 Å². The molecule has 1 atom stereocenters. The van der Waals surface area contributed by atoms with Gasteiger partial charge in [-0.25, -0.2) is 4.98 Å². The normalized spacial score (nSPS) is 15.2. The molecule has 3 rings (SSSR count). The van der Waals surface area contributed by atoms with Crippen LogP contribution in [0.1, 0.15) is 30.6 Å². The van der Waals surface area contributed by atoms with Crippen LogP contribution < -0.4 is 20.3 Å². The van der Waals surface area contributed by atoms with Gasteiger partial charge in [0.15, 0.2) is 16.7 Å². The molecule has 1 aromatic heterocycles. The number of nitrogens with one attached hydrogen (secondary N) is 1. The summed E-state index contributed by atoms with van der Waals surface area (Å²) in [5, 5.41) is 3.66. The lowest BCUT2D eigenvalue weighted by Gasteiger charge is -2.14. The molecule has 2 aromatic rings. The van der Waals surface area contributed by atoms with E-state index in [1.165, 1.54) is 11.8 Å². The maximum absolute atomic E-state index is 12.4. The fraction of sp³-hybridized carbons (Fsp3) is 0.450. The van der Waals surface area contributed by atoms with Crippen LogP contribution in [-0.4, -0.2) is 42.0 Å². The number of carbonyl (C=O) groups is 1. The maximum Gasteiger partial charge on any atom is 0.254 e. The monoisotopic (exact) mass is 403 g/mol. The SMILES string of the molecule is CCc1cc(=O)n2c(n1)SCC2CC(=O)NCCc1ccc(OC)c(OC)c1. The number of thioether (sulfide) groups is 1. The van der Waals surface area contributed by atoms with Gasteiger partial charge in [-0.1, -0.05) is 24.8 Å². The zero-order valence-electron chi connectivity index (χ0n) is 16.4. The van der Waals surface area contributed by atoms with Crippen molar-refractivity contribution in [1.29, 1.82) is 0 Å². The molecular weight excluding hydrogens is 378 g/mol. The minimum absolute atomic E-state index is 0.0644. The maximum atomic E-state index is 12.4. The number of amides is 1. The van der Waals surface area contributed by atoms with Crippen LogP contribution in [0.25, 0.3) is 0 Å². The highest BCUT2D eigenvalue weighted by Gasteiger charge is 2.27.